The van der Waals surface area contributed by atoms with E-state index in [2.05, 4.69) is 0 Å². The number of carbonyl (C=O) groups is 1. The Labute approximate surface area is 235 Å². The number of benzene rings is 1. The van der Waals surface area contributed by atoms with Gasteiger partial charge in [0.25, 0.3) is 30.4 Å². The van der Waals surface area contributed by atoms with Crippen molar-refractivity contribution in [1.29, 1.82) is 0 Å². The van der Waals surface area contributed by atoms with Gasteiger partial charge in [0.05, 0.1) is 51.0 Å². The van der Waals surface area contributed by atoms with Crippen LogP contribution in [-0.4, -0.2) is 82.5 Å². The zero-order chi connectivity index (χ0) is 27.7. The first-order valence-corrected chi connectivity index (χ1v) is 16.5. The summed E-state index contributed by atoms with van der Waals surface area (Å²) in [6.45, 7) is -0.468. The fourth-order valence-electron chi connectivity index (χ4n) is 2.39. The smallest absolute Gasteiger partial charge is 0.345 e. The van der Waals surface area contributed by atoms with Crippen molar-refractivity contribution in [2.75, 3.05) is 37.6 Å². The number of rotatable bonds is 15. The van der Waals surface area contributed by atoms with Gasteiger partial charge in [-0.15, -0.1) is 0 Å². The molecule has 0 spiro atoms. The van der Waals surface area contributed by atoms with Crippen LogP contribution in [0.3, 0.4) is 0 Å². The van der Waals surface area contributed by atoms with E-state index in [4.69, 9.17) is 32.6 Å². The molecule has 0 aliphatic rings. The van der Waals surface area contributed by atoms with Crippen LogP contribution in [0.2, 0.25) is 0 Å². The van der Waals surface area contributed by atoms with Crippen LogP contribution < -0.4 is 14.2 Å². The highest BCUT2D eigenvalue weighted by atomic mass is 127. The van der Waals surface area contributed by atoms with Gasteiger partial charge < -0.3 is 18.9 Å². The van der Waals surface area contributed by atoms with Gasteiger partial charge in [0.1, 0.15) is 5.56 Å². The SMILES string of the molecule is COC(=O)c1c(O/C=C/CS(=O)(=O)O)c(I)c(OCCCS(=O)(=O)O)c(I)c1OCCCS(=O)(=O)O. The van der Waals surface area contributed by atoms with Crippen LogP contribution in [0, 0.1) is 7.14 Å². The molecule has 0 saturated carbocycles. The lowest BCUT2D eigenvalue weighted by molar-refractivity contribution is 0.0592. The Kier molecular flexibility index (Phi) is 13.1. The Bertz CT molecular complexity index is 1290. The minimum absolute atomic E-state index is 0.0714. The van der Waals surface area contributed by atoms with E-state index in [1.165, 1.54) is 0 Å². The van der Waals surface area contributed by atoms with Crippen molar-refractivity contribution in [3.63, 3.8) is 0 Å². The van der Waals surface area contributed by atoms with E-state index in [0.717, 1.165) is 19.4 Å². The van der Waals surface area contributed by atoms with Crippen LogP contribution in [0.4, 0.5) is 0 Å². The number of hydrogen-bond acceptors (Lipinski definition) is 11. The third-order valence-corrected chi connectivity index (χ3v) is 8.00. The zero-order valence-corrected chi connectivity index (χ0v) is 25.2. The van der Waals surface area contributed by atoms with Crippen molar-refractivity contribution in [3.05, 3.63) is 25.0 Å². The summed E-state index contributed by atoms with van der Waals surface area (Å²) in [5.41, 5.74) is -0.264. The first-order valence-electron chi connectivity index (χ1n) is 9.53. The molecule has 1 aromatic carbocycles. The minimum Gasteiger partial charge on any atom is -0.491 e. The highest BCUT2D eigenvalue weighted by molar-refractivity contribution is 14.1. The van der Waals surface area contributed by atoms with Crippen molar-refractivity contribution in [2.45, 2.75) is 12.8 Å². The first-order chi connectivity index (χ1) is 16.5. The highest BCUT2D eigenvalue weighted by Crippen LogP contribution is 2.45. The largest absolute Gasteiger partial charge is 0.491 e. The van der Waals surface area contributed by atoms with Crippen LogP contribution in [0.15, 0.2) is 12.3 Å². The van der Waals surface area contributed by atoms with Gasteiger partial charge >= 0.3 is 5.97 Å². The molecular formula is C17H22I2O14S3. The van der Waals surface area contributed by atoms with Crippen LogP contribution >= 0.6 is 45.2 Å². The van der Waals surface area contributed by atoms with Gasteiger partial charge in [0.2, 0.25) is 0 Å². The molecule has 36 heavy (non-hydrogen) atoms. The Morgan fingerprint density at radius 1 is 0.806 bits per heavy atom. The molecule has 0 aliphatic carbocycles. The Balaban J connectivity index is 3.49. The van der Waals surface area contributed by atoms with E-state index >= 15 is 0 Å². The van der Waals surface area contributed by atoms with E-state index in [9.17, 15) is 30.0 Å². The lowest BCUT2D eigenvalue weighted by Gasteiger charge is -2.20. The van der Waals surface area contributed by atoms with E-state index < -0.39 is 53.6 Å². The average molecular weight is 800 g/mol. The maximum Gasteiger partial charge on any atom is 0.345 e. The lowest BCUT2D eigenvalue weighted by atomic mass is 10.1. The van der Waals surface area contributed by atoms with Gasteiger partial charge in [-0.05, 0) is 64.1 Å². The summed E-state index contributed by atoms with van der Waals surface area (Å²) in [6.07, 6.45) is 1.58. The van der Waals surface area contributed by atoms with E-state index in [0.29, 0.717) is 0 Å². The molecule has 0 amide bonds. The molecule has 14 nitrogen and oxygen atoms in total. The number of methoxy groups -OCH3 is 1. The molecule has 0 saturated heterocycles. The summed E-state index contributed by atoms with van der Waals surface area (Å²) < 4.78 is 114. The van der Waals surface area contributed by atoms with Gasteiger partial charge in [-0.1, -0.05) is 0 Å². The molecule has 0 aromatic heterocycles. The number of ether oxygens (including phenoxy) is 4. The maximum absolute atomic E-state index is 12.6. The summed E-state index contributed by atoms with van der Waals surface area (Å²) in [6, 6.07) is 0. The Morgan fingerprint density at radius 2 is 1.28 bits per heavy atom. The fraction of sp³-hybridized carbons (Fsp3) is 0.471. The van der Waals surface area contributed by atoms with Crippen molar-refractivity contribution >= 4 is 81.5 Å². The normalized spacial score (nSPS) is 12.5. The van der Waals surface area contributed by atoms with Crippen molar-refractivity contribution < 1.29 is 62.7 Å². The maximum atomic E-state index is 12.6. The molecule has 0 unspecified atom stereocenters. The zero-order valence-electron chi connectivity index (χ0n) is 18.4. The summed E-state index contributed by atoms with van der Waals surface area (Å²) in [7, 11) is -11.8. The third kappa shape index (κ3) is 12.0. The lowest BCUT2D eigenvalue weighted by Crippen LogP contribution is -2.15. The van der Waals surface area contributed by atoms with E-state index in [-0.39, 0.29) is 56.0 Å². The molecule has 19 heteroatoms. The molecule has 0 heterocycles. The number of carbonyl (C=O) groups excluding carboxylic acids is 1. The molecule has 0 radical (unpaired) electrons. The topological polar surface area (TPSA) is 217 Å². The second kappa shape index (κ2) is 14.2. The summed E-state index contributed by atoms with van der Waals surface area (Å²) >= 11 is 3.52. The molecule has 1 rings (SSSR count). The molecule has 0 aliphatic heterocycles. The molecule has 0 atom stereocenters. The number of halogens is 2. The van der Waals surface area contributed by atoms with Gasteiger partial charge in [0, 0.05) is 0 Å². The average Bonchev–Trinajstić information content (AvgIpc) is 2.72. The van der Waals surface area contributed by atoms with E-state index in [1.807, 2.05) is 0 Å². The Hall–Kier alpha value is -0.980. The monoisotopic (exact) mass is 800 g/mol. The van der Waals surface area contributed by atoms with Gasteiger partial charge in [-0.2, -0.15) is 25.3 Å². The summed E-state index contributed by atoms with van der Waals surface area (Å²) in [4.78, 5) is 12.6. The van der Waals surface area contributed by atoms with Gasteiger partial charge in [-0.25, -0.2) is 4.79 Å². The van der Waals surface area contributed by atoms with Gasteiger partial charge in [-0.3, -0.25) is 13.7 Å². The van der Waals surface area contributed by atoms with Crippen molar-refractivity contribution in [1.82, 2.24) is 0 Å². The highest BCUT2D eigenvalue weighted by Gasteiger charge is 2.30. The standard InChI is InChI=1S/C17H22I2O14S3/c1-30-17(20)11-14(31-5-2-8-34(21,22)23)12(18)16(33-7-4-10-36(27,28)29)13(19)15(11)32-6-3-9-35(24,25)26/h2,5H,3-4,6-10H2,1H3,(H,21,22,23)(H,24,25,26)(H,27,28,29)/b5-2+. The fourth-order valence-corrected chi connectivity index (χ4v) is 5.87. The molecule has 0 bridgehead atoms. The number of hydrogen-bond donors (Lipinski definition) is 3. The van der Waals surface area contributed by atoms with Crippen LogP contribution in [0.1, 0.15) is 23.2 Å². The van der Waals surface area contributed by atoms with Crippen LogP contribution in [0.25, 0.3) is 0 Å². The molecule has 0 fully saturated rings. The summed E-state index contributed by atoms with van der Waals surface area (Å²) in [5, 5.41) is 0. The van der Waals surface area contributed by atoms with Gasteiger partial charge in [0.15, 0.2) is 17.2 Å². The number of esters is 1. The van der Waals surface area contributed by atoms with Crippen molar-refractivity contribution in [3.8, 4) is 17.2 Å². The summed E-state index contributed by atoms with van der Waals surface area (Å²) in [5.74, 6) is -3.22. The third-order valence-electron chi connectivity index (χ3n) is 3.82. The van der Waals surface area contributed by atoms with Crippen LogP contribution in [0.5, 0.6) is 17.2 Å². The molecule has 1 aromatic rings. The molecule has 206 valence electrons. The first kappa shape index (κ1) is 33.0. The van der Waals surface area contributed by atoms with Crippen LogP contribution in [-0.2, 0) is 35.1 Å². The Morgan fingerprint density at radius 3 is 1.72 bits per heavy atom. The van der Waals surface area contributed by atoms with Crippen molar-refractivity contribution in [2.24, 2.45) is 0 Å². The second-order valence-corrected chi connectivity index (χ2v) is 13.5. The minimum atomic E-state index is -4.35. The quantitative estimate of drug-likeness (QED) is 0.0758. The second-order valence-electron chi connectivity index (χ2n) is 6.70. The molecule has 3 N–H and O–H groups in total. The van der Waals surface area contributed by atoms with E-state index in [1.54, 1.807) is 45.2 Å². The predicted molar refractivity (Wildman–Crippen MR) is 142 cm³/mol. The predicted octanol–water partition coefficient (Wildman–Crippen LogP) is 1.78. The molecular weight excluding hydrogens is 778 g/mol.